The number of carbonyl (C=O) groups excluding carboxylic acids is 1. The lowest BCUT2D eigenvalue weighted by atomic mass is 10.1. The van der Waals surface area contributed by atoms with Crippen LogP contribution in [0.15, 0.2) is 53.2 Å². The van der Waals surface area contributed by atoms with Gasteiger partial charge in [0.25, 0.3) is 5.91 Å². The van der Waals surface area contributed by atoms with E-state index in [1.54, 1.807) is 4.90 Å². The summed E-state index contributed by atoms with van der Waals surface area (Å²) in [6.45, 7) is 0.854. The van der Waals surface area contributed by atoms with E-state index >= 15 is 0 Å². The summed E-state index contributed by atoms with van der Waals surface area (Å²) in [4.78, 5) is 22.4. The third-order valence-electron chi connectivity index (χ3n) is 3.99. The van der Waals surface area contributed by atoms with Gasteiger partial charge >= 0.3 is 0 Å². The van der Waals surface area contributed by atoms with Crippen LogP contribution in [-0.2, 0) is 13.0 Å². The minimum Gasteiger partial charge on any atom is -0.441 e. The van der Waals surface area contributed by atoms with E-state index in [9.17, 15) is 9.18 Å². The van der Waals surface area contributed by atoms with Crippen LogP contribution in [0.5, 0.6) is 0 Å². The molecular weight excluding hydrogens is 309 g/mol. The number of carbonyl (C=O) groups is 1. The lowest BCUT2D eigenvalue weighted by Crippen LogP contribution is -2.35. The maximum atomic E-state index is 13.3. The van der Waals surface area contributed by atoms with Gasteiger partial charge in [-0.25, -0.2) is 9.37 Å². The van der Waals surface area contributed by atoms with Crippen LogP contribution in [0.4, 0.5) is 4.39 Å². The Kier molecular flexibility index (Phi) is 3.57. The Bertz CT molecular complexity index is 892. The molecule has 4 rings (SSSR count). The molecule has 0 radical (unpaired) electrons. The number of fused-ring (bicyclic) bond motifs is 1. The zero-order valence-corrected chi connectivity index (χ0v) is 12.8. The highest BCUT2D eigenvalue weighted by Gasteiger charge is 2.26. The van der Waals surface area contributed by atoms with Gasteiger partial charge < -0.3 is 9.32 Å². The summed E-state index contributed by atoms with van der Waals surface area (Å²) in [6.07, 6.45) is 3.04. The molecule has 6 heteroatoms. The van der Waals surface area contributed by atoms with Gasteiger partial charge in [-0.2, -0.15) is 0 Å². The van der Waals surface area contributed by atoms with E-state index in [1.807, 2.05) is 30.3 Å². The number of oxazole rings is 1. The summed E-state index contributed by atoms with van der Waals surface area (Å²) in [5.74, 6) is 0.584. The Morgan fingerprint density at radius 1 is 1.21 bits per heavy atom. The zero-order chi connectivity index (χ0) is 16.5. The van der Waals surface area contributed by atoms with Crippen LogP contribution in [0.3, 0.4) is 0 Å². The van der Waals surface area contributed by atoms with Gasteiger partial charge in [-0.3, -0.25) is 9.78 Å². The molecule has 0 saturated heterocycles. The molecule has 0 unspecified atom stereocenters. The summed E-state index contributed by atoms with van der Waals surface area (Å²) in [5, 5.41) is 0. The van der Waals surface area contributed by atoms with Crippen molar-refractivity contribution in [1.82, 2.24) is 14.9 Å². The minimum absolute atomic E-state index is 0.241. The van der Waals surface area contributed by atoms with Crippen molar-refractivity contribution in [3.05, 3.63) is 71.6 Å². The predicted molar refractivity (Wildman–Crippen MR) is 84.6 cm³/mol. The number of amides is 1. The van der Waals surface area contributed by atoms with Gasteiger partial charge in [-0.1, -0.05) is 18.2 Å². The van der Waals surface area contributed by atoms with E-state index in [0.29, 0.717) is 25.4 Å². The van der Waals surface area contributed by atoms with Gasteiger partial charge in [0.2, 0.25) is 5.89 Å². The number of halogens is 1. The molecule has 1 aliphatic heterocycles. The summed E-state index contributed by atoms with van der Waals surface area (Å²) in [6, 6.07) is 10.8. The molecule has 0 spiro atoms. The molecular formula is C18H14FN3O2. The Hall–Kier alpha value is -3.02. The molecule has 0 atom stereocenters. The first-order chi connectivity index (χ1) is 11.7. The van der Waals surface area contributed by atoms with Crippen molar-refractivity contribution in [2.75, 3.05) is 6.54 Å². The van der Waals surface area contributed by atoms with E-state index in [0.717, 1.165) is 23.2 Å². The molecule has 0 N–H and O–H groups in total. The molecule has 0 fully saturated rings. The number of rotatable bonds is 2. The standard InChI is InChI=1S/C18H14FN3O2/c19-14-8-13(9-20-10-14)18(23)22-7-6-16-15(11-22)21-17(24-16)12-4-2-1-3-5-12/h1-5,8-10H,6-7,11H2. The summed E-state index contributed by atoms with van der Waals surface area (Å²) < 4.78 is 19.1. The Labute approximate surface area is 137 Å². The molecule has 0 bridgehead atoms. The number of pyridine rings is 1. The van der Waals surface area contributed by atoms with Gasteiger partial charge in [-0.15, -0.1) is 0 Å². The third kappa shape index (κ3) is 2.67. The Morgan fingerprint density at radius 2 is 2.04 bits per heavy atom. The molecule has 24 heavy (non-hydrogen) atoms. The lowest BCUT2D eigenvalue weighted by molar-refractivity contribution is 0.0727. The lowest BCUT2D eigenvalue weighted by Gasteiger charge is -2.25. The monoisotopic (exact) mass is 323 g/mol. The number of benzene rings is 1. The van der Waals surface area contributed by atoms with Crippen LogP contribution < -0.4 is 0 Å². The van der Waals surface area contributed by atoms with E-state index in [4.69, 9.17) is 4.42 Å². The normalized spacial score (nSPS) is 13.6. The maximum absolute atomic E-state index is 13.3. The molecule has 0 aliphatic carbocycles. The van der Waals surface area contributed by atoms with Gasteiger partial charge in [-0.05, 0) is 18.2 Å². The quantitative estimate of drug-likeness (QED) is 0.727. The van der Waals surface area contributed by atoms with Crippen molar-refractivity contribution >= 4 is 5.91 Å². The highest BCUT2D eigenvalue weighted by molar-refractivity contribution is 5.94. The van der Waals surface area contributed by atoms with Crippen LogP contribution in [0.1, 0.15) is 21.8 Å². The van der Waals surface area contributed by atoms with Crippen molar-refractivity contribution in [3.63, 3.8) is 0 Å². The van der Waals surface area contributed by atoms with E-state index in [-0.39, 0.29) is 11.5 Å². The minimum atomic E-state index is -0.522. The van der Waals surface area contributed by atoms with E-state index in [1.165, 1.54) is 12.3 Å². The second-order valence-corrected chi connectivity index (χ2v) is 5.62. The first kappa shape index (κ1) is 14.6. The molecule has 5 nitrogen and oxygen atoms in total. The fourth-order valence-electron chi connectivity index (χ4n) is 2.79. The molecule has 1 aromatic carbocycles. The number of hydrogen-bond donors (Lipinski definition) is 0. The first-order valence-corrected chi connectivity index (χ1v) is 7.64. The number of nitrogens with zero attached hydrogens (tertiary/aromatic N) is 3. The van der Waals surface area contributed by atoms with Gasteiger partial charge in [0.1, 0.15) is 17.3 Å². The van der Waals surface area contributed by atoms with Crippen LogP contribution in [0.2, 0.25) is 0 Å². The SMILES string of the molecule is O=C(c1cncc(F)c1)N1CCc2oc(-c3ccccc3)nc2C1. The maximum Gasteiger partial charge on any atom is 0.255 e. The van der Waals surface area contributed by atoms with Crippen molar-refractivity contribution in [1.29, 1.82) is 0 Å². The van der Waals surface area contributed by atoms with E-state index < -0.39 is 5.82 Å². The summed E-state index contributed by atoms with van der Waals surface area (Å²) in [5.41, 5.74) is 1.89. The molecule has 0 saturated carbocycles. The number of aromatic nitrogens is 2. The Morgan fingerprint density at radius 3 is 2.83 bits per heavy atom. The summed E-state index contributed by atoms with van der Waals surface area (Å²) >= 11 is 0. The van der Waals surface area contributed by atoms with Crippen LogP contribution in [0, 0.1) is 5.82 Å². The molecule has 3 heterocycles. The molecule has 2 aromatic heterocycles. The molecule has 1 amide bonds. The van der Waals surface area contributed by atoms with E-state index in [2.05, 4.69) is 9.97 Å². The molecule has 3 aromatic rings. The van der Waals surface area contributed by atoms with Crippen molar-refractivity contribution in [2.45, 2.75) is 13.0 Å². The van der Waals surface area contributed by atoms with Crippen molar-refractivity contribution in [3.8, 4) is 11.5 Å². The van der Waals surface area contributed by atoms with Crippen LogP contribution in [0.25, 0.3) is 11.5 Å². The average Bonchev–Trinajstić information content (AvgIpc) is 3.05. The first-order valence-electron chi connectivity index (χ1n) is 7.64. The summed E-state index contributed by atoms with van der Waals surface area (Å²) in [7, 11) is 0. The second-order valence-electron chi connectivity index (χ2n) is 5.62. The topological polar surface area (TPSA) is 59.2 Å². The predicted octanol–water partition coefficient (Wildman–Crippen LogP) is 3.07. The second kappa shape index (κ2) is 5.88. The van der Waals surface area contributed by atoms with Crippen LogP contribution >= 0.6 is 0 Å². The van der Waals surface area contributed by atoms with Crippen molar-refractivity contribution in [2.24, 2.45) is 0 Å². The largest absolute Gasteiger partial charge is 0.441 e. The number of hydrogen-bond acceptors (Lipinski definition) is 4. The third-order valence-corrected chi connectivity index (χ3v) is 3.99. The highest BCUT2D eigenvalue weighted by atomic mass is 19.1. The Balaban J connectivity index is 1.58. The van der Waals surface area contributed by atoms with Gasteiger partial charge in [0.15, 0.2) is 0 Å². The van der Waals surface area contributed by atoms with Crippen LogP contribution in [-0.4, -0.2) is 27.3 Å². The fourth-order valence-corrected chi connectivity index (χ4v) is 2.79. The average molecular weight is 323 g/mol. The molecule has 1 aliphatic rings. The zero-order valence-electron chi connectivity index (χ0n) is 12.8. The smallest absolute Gasteiger partial charge is 0.255 e. The van der Waals surface area contributed by atoms with Gasteiger partial charge in [0.05, 0.1) is 18.3 Å². The highest BCUT2D eigenvalue weighted by Crippen LogP contribution is 2.26. The fraction of sp³-hybridized carbons (Fsp3) is 0.167. The van der Waals surface area contributed by atoms with Gasteiger partial charge in [0, 0.05) is 24.7 Å². The van der Waals surface area contributed by atoms with Crippen molar-refractivity contribution < 1.29 is 13.6 Å². The molecule has 120 valence electrons.